The maximum atomic E-state index is 11.2. The van der Waals surface area contributed by atoms with Gasteiger partial charge >= 0.3 is 11.9 Å². The van der Waals surface area contributed by atoms with Crippen LogP contribution in [0.3, 0.4) is 0 Å². The second-order valence-electron chi connectivity index (χ2n) is 3.90. The van der Waals surface area contributed by atoms with Crippen LogP contribution in [0.1, 0.15) is 33.3 Å². The maximum Gasteiger partial charge on any atom is 0.339 e. The van der Waals surface area contributed by atoms with E-state index < -0.39 is 11.9 Å². The van der Waals surface area contributed by atoms with Crippen LogP contribution in [0, 0.1) is 0 Å². The quantitative estimate of drug-likeness (QED) is 0.874. The number of hydrogen-bond acceptors (Lipinski definition) is 3. The van der Waals surface area contributed by atoms with Gasteiger partial charge in [-0.15, -0.1) is 0 Å². The molecule has 0 aliphatic carbocycles. The highest BCUT2D eigenvalue weighted by atomic mass is 16.4. The van der Waals surface area contributed by atoms with E-state index in [0.29, 0.717) is 17.8 Å². The Hall–Kier alpha value is -2.63. The first-order chi connectivity index (χ1) is 9.06. The Labute approximate surface area is 108 Å². The van der Waals surface area contributed by atoms with Crippen molar-refractivity contribution in [3.8, 4) is 5.69 Å². The largest absolute Gasteiger partial charge is 0.478 e. The normalized spacial score (nSPS) is 10.4. The van der Waals surface area contributed by atoms with Gasteiger partial charge in [0, 0.05) is 0 Å². The molecule has 0 spiro atoms. The van der Waals surface area contributed by atoms with Crippen molar-refractivity contribution < 1.29 is 19.8 Å². The van der Waals surface area contributed by atoms with E-state index in [2.05, 4.69) is 5.10 Å². The highest BCUT2D eigenvalue weighted by molar-refractivity contribution is 5.92. The minimum atomic E-state index is -1.08. The molecular formula is C13H12N2O4. The molecule has 0 aliphatic heterocycles. The summed E-state index contributed by atoms with van der Waals surface area (Å²) in [6.45, 7) is 1.79. The van der Waals surface area contributed by atoms with Gasteiger partial charge in [-0.05, 0) is 18.6 Å². The Balaban J connectivity index is 2.66. The monoisotopic (exact) mass is 260 g/mol. The molecule has 0 saturated carbocycles. The van der Waals surface area contributed by atoms with Gasteiger partial charge in [0.15, 0.2) is 0 Å². The van der Waals surface area contributed by atoms with Gasteiger partial charge in [-0.25, -0.2) is 14.3 Å². The fraction of sp³-hybridized carbons (Fsp3) is 0.154. The van der Waals surface area contributed by atoms with Crippen LogP contribution in [-0.4, -0.2) is 31.9 Å². The maximum absolute atomic E-state index is 11.2. The van der Waals surface area contributed by atoms with Crippen LogP contribution < -0.4 is 0 Å². The third-order valence-electron chi connectivity index (χ3n) is 2.80. The molecule has 0 fully saturated rings. The number of para-hydroxylation sites is 1. The predicted octanol–water partition coefficient (Wildman–Crippen LogP) is 1.83. The summed E-state index contributed by atoms with van der Waals surface area (Å²) >= 11 is 0. The lowest BCUT2D eigenvalue weighted by atomic mass is 10.1. The number of rotatable bonds is 4. The molecule has 0 saturated heterocycles. The van der Waals surface area contributed by atoms with Crippen LogP contribution in [0.2, 0.25) is 0 Å². The molecule has 0 unspecified atom stereocenters. The van der Waals surface area contributed by atoms with E-state index in [9.17, 15) is 9.59 Å². The fourth-order valence-corrected chi connectivity index (χ4v) is 1.94. The van der Waals surface area contributed by atoms with E-state index in [-0.39, 0.29) is 11.1 Å². The van der Waals surface area contributed by atoms with Crippen molar-refractivity contribution in [1.82, 2.24) is 9.78 Å². The summed E-state index contributed by atoms with van der Waals surface area (Å²) in [7, 11) is 0. The Bertz CT molecular complexity index is 646. The number of benzene rings is 1. The summed E-state index contributed by atoms with van der Waals surface area (Å²) in [4.78, 5) is 22.3. The van der Waals surface area contributed by atoms with Gasteiger partial charge in [-0.1, -0.05) is 19.1 Å². The number of nitrogens with zero attached hydrogens (tertiary/aromatic N) is 2. The molecule has 0 amide bonds. The molecule has 2 N–H and O–H groups in total. The molecule has 6 heteroatoms. The van der Waals surface area contributed by atoms with Crippen LogP contribution in [-0.2, 0) is 6.42 Å². The molecule has 0 aliphatic rings. The minimum Gasteiger partial charge on any atom is -0.478 e. The predicted molar refractivity (Wildman–Crippen MR) is 66.9 cm³/mol. The van der Waals surface area contributed by atoms with Crippen molar-refractivity contribution >= 4 is 11.9 Å². The summed E-state index contributed by atoms with van der Waals surface area (Å²) in [5.74, 6) is -2.15. The zero-order valence-electron chi connectivity index (χ0n) is 10.2. The van der Waals surface area contributed by atoms with Crippen LogP contribution in [0.15, 0.2) is 30.5 Å². The first-order valence-corrected chi connectivity index (χ1v) is 5.69. The van der Waals surface area contributed by atoms with Crippen molar-refractivity contribution in [2.24, 2.45) is 0 Å². The van der Waals surface area contributed by atoms with Crippen molar-refractivity contribution in [1.29, 1.82) is 0 Å². The molecule has 2 aromatic rings. The lowest BCUT2D eigenvalue weighted by Crippen LogP contribution is -2.10. The topological polar surface area (TPSA) is 92.4 Å². The summed E-state index contributed by atoms with van der Waals surface area (Å²) in [6, 6.07) is 6.35. The molecule has 2 rings (SSSR count). The van der Waals surface area contributed by atoms with E-state index in [0.717, 1.165) is 0 Å². The standard InChI is InChI=1S/C13H12N2O4/c1-2-10-9(13(18)19)7-14-15(10)11-6-4-3-5-8(11)12(16)17/h3-7H,2H2,1H3,(H,16,17)(H,18,19). The molecule has 0 atom stereocenters. The first-order valence-electron chi connectivity index (χ1n) is 5.69. The Morgan fingerprint density at radius 3 is 2.37 bits per heavy atom. The molecule has 1 aromatic carbocycles. The zero-order valence-corrected chi connectivity index (χ0v) is 10.2. The molecule has 0 radical (unpaired) electrons. The van der Waals surface area contributed by atoms with Gasteiger partial charge in [0.05, 0.1) is 23.1 Å². The van der Waals surface area contributed by atoms with Crippen molar-refractivity contribution in [2.45, 2.75) is 13.3 Å². The molecular weight excluding hydrogens is 248 g/mol. The van der Waals surface area contributed by atoms with E-state index in [4.69, 9.17) is 10.2 Å². The van der Waals surface area contributed by atoms with Gasteiger partial charge in [0.2, 0.25) is 0 Å². The number of carboxylic acids is 2. The van der Waals surface area contributed by atoms with Crippen molar-refractivity contribution in [3.63, 3.8) is 0 Å². The number of aromatic carboxylic acids is 2. The van der Waals surface area contributed by atoms with Crippen LogP contribution in [0.4, 0.5) is 0 Å². The number of aromatic nitrogens is 2. The van der Waals surface area contributed by atoms with Crippen LogP contribution >= 0.6 is 0 Å². The van der Waals surface area contributed by atoms with E-state index in [1.54, 1.807) is 25.1 Å². The molecule has 98 valence electrons. The van der Waals surface area contributed by atoms with E-state index >= 15 is 0 Å². The van der Waals surface area contributed by atoms with Gasteiger partial charge in [-0.2, -0.15) is 5.10 Å². The molecule has 1 heterocycles. The van der Waals surface area contributed by atoms with Crippen molar-refractivity contribution in [3.05, 3.63) is 47.3 Å². The number of carboxylic acid groups (broad SMARTS) is 2. The molecule has 6 nitrogen and oxygen atoms in total. The van der Waals surface area contributed by atoms with Gasteiger partial charge in [-0.3, -0.25) is 0 Å². The van der Waals surface area contributed by atoms with Crippen LogP contribution in [0.25, 0.3) is 5.69 Å². The molecule has 1 aromatic heterocycles. The Morgan fingerprint density at radius 2 is 1.79 bits per heavy atom. The second-order valence-corrected chi connectivity index (χ2v) is 3.90. The highest BCUT2D eigenvalue weighted by Crippen LogP contribution is 2.19. The summed E-state index contributed by atoms with van der Waals surface area (Å²) in [5, 5.41) is 22.2. The third kappa shape index (κ3) is 2.20. The third-order valence-corrected chi connectivity index (χ3v) is 2.80. The SMILES string of the molecule is CCc1c(C(=O)O)cnn1-c1ccccc1C(=O)O. The van der Waals surface area contributed by atoms with E-state index in [1.807, 2.05) is 0 Å². The Morgan fingerprint density at radius 1 is 1.16 bits per heavy atom. The average Bonchev–Trinajstić information content (AvgIpc) is 2.82. The van der Waals surface area contributed by atoms with Gasteiger partial charge in [0.1, 0.15) is 5.56 Å². The fourth-order valence-electron chi connectivity index (χ4n) is 1.94. The smallest absolute Gasteiger partial charge is 0.339 e. The number of carbonyl (C=O) groups is 2. The minimum absolute atomic E-state index is 0.0808. The number of hydrogen-bond donors (Lipinski definition) is 2. The first kappa shape index (κ1) is 12.8. The Kier molecular flexibility index (Phi) is 3.33. The van der Waals surface area contributed by atoms with E-state index in [1.165, 1.54) is 16.9 Å². The lowest BCUT2D eigenvalue weighted by molar-refractivity contribution is 0.0686. The van der Waals surface area contributed by atoms with Gasteiger partial charge < -0.3 is 10.2 Å². The highest BCUT2D eigenvalue weighted by Gasteiger charge is 2.19. The summed E-state index contributed by atoms with van der Waals surface area (Å²) < 4.78 is 1.37. The van der Waals surface area contributed by atoms with Gasteiger partial charge in [0.25, 0.3) is 0 Å². The molecule has 19 heavy (non-hydrogen) atoms. The average molecular weight is 260 g/mol. The van der Waals surface area contributed by atoms with Crippen LogP contribution in [0.5, 0.6) is 0 Å². The summed E-state index contributed by atoms with van der Waals surface area (Å²) in [6.07, 6.45) is 1.68. The zero-order chi connectivity index (χ0) is 14.0. The van der Waals surface area contributed by atoms with Crippen molar-refractivity contribution in [2.75, 3.05) is 0 Å². The second kappa shape index (κ2) is 4.93. The lowest BCUT2D eigenvalue weighted by Gasteiger charge is -2.09. The summed E-state index contributed by atoms with van der Waals surface area (Å²) in [5.41, 5.74) is 1.00. The molecule has 0 bridgehead atoms.